The van der Waals surface area contributed by atoms with Crippen LogP contribution >= 0.6 is 7.75 Å². The molecule has 0 saturated carbocycles. The first-order valence-corrected chi connectivity index (χ1v) is 10.2. The van der Waals surface area contributed by atoms with E-state index in [1.807, 2.05) is 0 Å². The molecule has 1 amide bonds. The van der Waals surface area contributed by atoms with Crippen molar-refractivity contribution < 1.29 is 23.2 Å². The second-order valence-corrected chi connectivity index (χ2v) is 7.70. The second-order valence-electron chi connectivity index (χ2n) is 5.84. The molecule has 0 aliphatic carbocycles. The first-order valence-electron chi connectivity index (χ1n) is 8.67. The fourth-order valence-corrected chi connectivity index (χ4v) is 4.90. The average Bonchev–Trinajstić information content (AvgIpc) is 2.76. The largest absolute Gasteiger partial charge is 0.439 e. The van der Waals surface area contributed by atoms with Gasteiger partial charge < -0.3 is 5.32 Å². The number of hydrogen-bond donors (Lipinski definition) is 1. The van der Waals surface area contributed by atoms with Crippen LogP contribution in [0.3, 0.4) is 0 Å². The lowest BCUT2D eigenvalue weighted by molar-refractivity contribution is 0.0986. The van der Waals surface area contributed by atoms with E-state index in [0.29, 0.717) is 17.1 Å². The predicted molar refractivity (Wildman–Crippen MR) is 104 cm³/mol. The zero-order valence-corrected chi connectivity index (χ0v) is 16.3. The van der Waals surface area contributed by atoms with Crippen LogP contribution < -0.4 is 9.99 Å². The van der Waals surface area contributed by atoms with Gasteiger partial charge in [0, 0.05) is 5.56 Å². The van der Waals surface area contributed by atoms with E-state index in [1.165, 1.54) is 11.6 Å². The Labute approximate surface area is 157 Å². The summed E-state index contributed by atoms with van der Waals surface area (Å²) in [6.45, 7) is 5.12. The Kier molecular flexibility index (Phi) is 5.46. The molecular weight excluding hydrogens is 367 g/mol. The van der Waals surface area contributed by atoms with Crippen molar-refractivity contribution in [3.8, 4) is 0 Å². The lowest BCUT2D eigenvalue weighted by Gasteiger charge is -2.32. The Balaban J connectivity index is 2.37. The maximum absolute atomic E-state index is 13.7. The highest BCUT2D eigenvalue weighted by atomic mass is 31.2. The minimum absolute atomic E-state index is 0.140. The summed E-state index contributed by atoms with van der Waals surface area (Å²) in [7, 11) is -3.83. The van der Waals surface area contributed by atoms with Crippen molar-refractivity contribution in [1.29, 1.82) is 0 Å². The lowest BCUT2D eigenvalue weighted by Crippen LogP contribution is -2.20. The number of ketones is 1. The third kappa shape index (κ3) is 3.41. The molecule has 1 aliphatic rings. The van der Waals surface area contributed by atoms with Gasteiger partial charge in [-0.25, -0.2) is 9.24 Å². The molecule has 1 heterocycles. The second kappa shape index (κ2) is 7.64. The first-order chi connectivity index (χ1) is 12.9. The van der Waals surface area contributed by atoms with Crippen LogP contribution in [-0.2, 0) is 13.6 Å². The Hall–Kier alpha value is -2.47. The van der Waals surface area contributed by atoms with Crippen LogP contribution in [0.1, 0.15) is 41.5 Å². The van der Waals surface area contributed by atoms with Gasteiger partial charge in [0.1, 0.15) is 0 Å². The standard InChI is InChI=1S/C19H21N2O5P/c1-4-25-27(24,26-5-2)21-16-11-7-6-10-15(16)20-19(23)18-14(13(3)22)9-8-12-17(18)21/h6-12H,4-5H2,1-3H3,(H,20,23). The van der Waals surface area contributed by atoms with Crippen molar-refractivity contribution in [3.63, 3.8) is 0 Å². The molecule has 27 heavy (non-hydrogen) atoms. The highest BCUT2D eigenvalue weighted by Crippen LogP contribution is 2.60. The summed E-state index contributed by atoms with van der Waals surface area (Å²) in [5.41, 5.74) is 1.60. The topological polar surface area (TPSA) is 84.9 Å². The smallest absolute Gasteiger partial charge is 0.320 e. The molecule has 0 saturated heterocycles. The molecule has 3 rings (SSSR count). The molecule has 0 fully saturated rings. The van der Waals surface area contributed by atoms with E-state index < -0.39 is 13.7 Å². The molecule has 8 heteroatoms. The molecule has 1 N–H and O–H groups in total. The summed E-state index contributed by atoms with van der Waals surface area (Å²) < 4.78 is 26.2. The normalized spacial score (nSPS) is 13.4. The van der Waals surface area contributed by atoms with E-state index in [9.17, 15) is 14.2 Å². The number of amides is 1. The summed E-state index contributed by atoms with van der Waals surface area (Å²) in [5, 5.41) is 2.80. The zero-order valence-electron chi connectivity index (χ0n) is 15.4. The van der Waals surface area contributed by atoms with Crippen LogP contribution in [0.15, 0.2) is 42.5 Å². The zero-order chi connectivity index (χ0) is 19.6. The molecule has 0 bridgehead atoms. The molecule has 0 atom stereocenters. The molecule has 1 aliphatic heterocycles. The number of para-hydroxylation sites is 2. The fourth-order valence-electron chi connectivity index (χ4n) is 3.07. The van der Waals surface area contributed by atoms with Crippen molar-refractivity contribution in [2.24, 2.45) is 0 Å². The summed E-state index contributed by atoms with van der Waals surface area (Å²) >= 11 is 0. The number of benzene rings is 2. The van der Waals surface area contributed by atoms with Gasteiger partial charge in [0.25, 0.3) is 5.91 Å². The van der Waals surface area contributed by atoms with Gasteiger partial charge >= 0.3 is 7.75 Å². The number of carbonyl (C=O) groups excluding carboxylic acids is 2. The van der Waals surface area contributed by atoms with Gasteiger partial charge in [0.15, 0.2) is 5.78 Å². The van der Waals surface area contributed by atoms with Gasteiger partial charge in [-0.2, -0.15) is 0 Å². The Morgan fingerprint density at radius 3 is 2.30 bits per heavy atom. The van der Waals surface area contributed by atoms with Gasteiger partial charge in [-0.15, -0.1) is 0 Å². The molecule has 0 unspecified atom stereocenters. The molecule has 0 aromatic heterocycles. The molecule has 0 radical (unpaired) electrons. The molecule has 142 valence electrons. The number of Topliss-reactive ketones (excluding diaryl/α,β-unsaturated/α-hetero) is 1. The van der Waals surface area contributed by atoms with Crippen LogP contribution in [0.25, 0.3) is 0 Å². The first kappa shape index (κ1) is 19.3. The van der Waals surface area contributed by atoms with E-state index >= 15 is 0 Å². The monoisotopic (exact) mass is 388 g/mol. The molecule has 2 aromatic carbocycles. The van der Waals surface area contributed by atoms with Crippen molar-refractivity contribution in [2.45, 2.75) is 20.8 Å². The van der Waals surface area contributed by atoms with Crippen LogP contribution in [-0.4, -0.2) is 24.9 Å². The molecule has 2 aromatic rings. The quantitative estimate of drug-likeness (QED) is 0.567. The van der Waals surface area contributed by atoms with Gasteiger partial charge in [-0.05, 0) is 39.0 Å². The van der Waals surface area contributed by atoms with E-state index in [-0.39, 0.29) is 30.1 Å². The molecule has 7 nitrogen and oxygen atoms in total. The van der Waals surface area contributed by atoms with Crippen LogP contribution in [0, 0.1) is 0 Å². The number of hydrogen-bond acceptors (Lipinski definition) is 5. The maximum atomic E-state index is 13.7. The SMILES string of the molecule is CCOP(=O)(OCC)N1c2ccccc2NC(=O)c2c(C(C)=O)cccc21. The summed E-state index contributed by atoms with van der Waals surface area (Å²) in [4.78, 5) is 25.0. The van der Waals surface area contributed by atoms with E-state index in [0.717, 1.165) is 0 Å². The average molecular weight is 388 g/mol. The van der Waals surface area contributed by atoms with E-state index in [4.69, 9.17) is 9.05 Å². The van der Waals surface area contributed by atoms with Gasteiger partial charge in [-0.3, -0.25) is 18.6 Å². The number of nitrogens with one attached hydrogen (secondary N) is 1. The summed E-state index contributed by atoms with van der Waals surface area (Å²) in [5.74, 6) is -0.721. The summed E-state index contributed by atoms with van der Waals surface area (Å²) in [6.07, 6.45) is 0. The van der Waals surface area contributed by atoms with Crippen LogP contribution in [0.4, 0.5) is 17.1 Å². The molecule has 0 spiro atoms. The van der Waals surface area contributed by atoms with Gasteiger partial charge in [0.05, 0.1) is 35.8 Å². The van der Waals surface area contributed by atoms with E-state index in [2.05, 4.69) is 5.32 Å². The van der Waals surface area contributed by atoms with Gasteiger partial charge in [0.2, 0.25) is 0 Å². The van der Waals surface area contributed by atoms with Crippen molar-refractivity contribution in [2.75, 3.05) is 23.2 Å². The Morgan fingerprint density at radius 2 is 1.67 bits per heavy atom. The van der Waals surface area contributed by atoms with Crippen LogP contribution in [0.5, 0.6) is 0 Å². The molecular formula is C19H21N2O5P. The van der Waals surface area contributed by atoms with Crippen molar-refractivity contribution in [3.05, 3.63) is 53.6 Å². The Bertz CT molecular complexity index is 933. The minimum atomic E-state index is -3.83. The lowest BCUT2D eigenvalue weighted by atomic mass is 10.0. The van der Waals surface area contributed by atoms with Crippen LogP contribution in [0.2, 0.25) is 0 Å². The third-order valence-corrected chi connectivity index (χ3v) is 6.18. The minimum Gasteiger partial charge on any atom is -0.320 e. The number of rotatable bonds is 6. The van der Waals surface area contributed by atoms with Gasteiger partial charge in [-0.1, -0.05) is 24.3 Å². The summed E-state index contributed by atoms with van der Waals surface area (Å²) in [6, 6.07) is 11.8. The van der Waals surface area contributed by atoms with Crippen molar-refractivity contribution >= 4 is 36.5 Å². The number of nitrogens with zero attached hydrogens (tertiary/aromatic N) is 1. The number of carbonyl (C=O) groups is 2. The highest BCUT2D eigenvalue weighted by molar-refractivity contribution is 7.56. The predicted octanol–water partition coefficient (Wildman–Crippen LogP) is 4.77. The maximum Gasteiger partial charge on any atom is 0.439 e. The van der Waals surface area contributed by atoms with E-state index in [1.54, 1.807) is 56.3 Å². The Morgan fingerprint density at radius 1 is 1.04 bits per heavy atom. The number of fused-ring (bicyclic) bond motifs is 2. The number of anilines is 3. The third-order valence-electron chi connectivity index (χ3n) is 4.09. The van der Waals surface area contributed by atoms with Crippen molar-refractivity contribution in [1.82, 2.24) is 0 Å². The highest BCUT2D eigenvalue weighted by Gasteiger charge is 2.40. The fraction of sp³-hybridized carbons (Fsp3) is 0.263.